The first-order valence-electron chi connectivity index (χ1n) is 10.1. The second kappa shape index (κ2) is 8.41. The molecule has 1 aliphatic carbocycles. The Kier molecular flexibility index (Phi) is 5.52. The van der Waals surface area contributed by atoms with E-state index in [9.17, 15) is 0 Å². The highest BCUT2D eigenvalue weighted by Crippen LogP contribution is 2.36. The predicted molar refractivity (Wildman–Crippen MR) is 123 cm³/mol. The molecule has 0 amide bonds. The normalized spacial score (nSPS) is 13.4. The van der Waals surface area contributed by atoms with Gasteiger partial charge in [0, 0.05) is 38.1 Å². The van der Waals surface area contributed by atoms with Gasteiger partial charge >= 0.3 is 0 Å². The van der Waals surface area contributed by atoms with Crippen LogP contribution in [0, 0.1) is 0 Å². The molecule has 30 heavy (non-hydrogen) atoms. The summed E-state index contributed by atoms with van der Waals surface area (Å²) in [5.41, 5.74) is 8.76. The predicted octanol–water partition coefficient (Wildman–Crippen LogP) is 4.13. The quantitative estimate of drug-likeness (QED) is 0.616. The van der Waals surface area contributed by atoms with Crippen LogP contribution in [-0.4, -0.2) is 35.1 Å². The Morgan fingerprint density at radius 2 is 1.93 bits per heavy atom. The fourth-order valence-electron chi connectivity index (χ4n) is 3.43. The van der Waals surface area contributed by atoms with Gasteiger partial charge in [-0.3, -0.25) is 0 Å². The maximum Gasteiger partial charge on any atom is 0.158 e. The van der Waals surface area contributed by atoms with Crippen LogP contribution in [0.1, 0.15) is 19.3 Å². The largest absolute Gasteiger partial charge is 0.396 e. The zero-order valence-electron chi connectivity index (χ0n) is 17.4. The third-order valence-corrected chi connectivity index (χ3v) is 5.30. The molecule has 1 aliphatic rings. The van der Waals surface area contributed by atoms with E-state index in [1.807, 2.05) is 67.7 Å². The first-order chi connectivity index (χ1) is 14.5. The molecular formula is C23H27N7. The van der Waals surface area contributed by atoms with Crippen LogP contribution in [0.15, 0.2) is 67.3 Å². The van der Waals surface area contributed by atoms with E-state index in [2.05, 4.69) is 26.8 Å². The van der Waals surface area contributed by atoms with Crippen molar-refractivity contribution < 1.29 is 0 Å². The summed E-state index contributed by atoms with van der Waals surface area (Å²) in [6, 6.07) is 13.9. The van der Waals surface area contributed by atoms with Crippen molar-refractivity contribution in [2.24, 2.45) is 0 Å². The standard InChI is InChI=1S/C23H27N7/c1-16(27-21-9-4-5-14-25-21)30(18-7-6-8-18)23-19(24)11-12-20(28-23)17-10-13-22(26-15-17)29(2)3/h4-5,9-15,18H,1,6-8,24H2,2-3H3,(H,25,27). The minimum absolute atomic E-state index is 0.313. The number of hydrogen-bond donors (Lipinski definition) is 2. The van der Waals surface area contributed by atoms with Crippen molar-refractivity contribution in [2.45, 2.75) is 25.3 Å². The topological polar surface area (TPSA) is 83.2 Å². The number of hydrogen-bond acceptors (Lipinski definition) is 7. The molecule has 3 aromatic heterocycles. The second-order valence-corrected chi connectivity index (χ2v) is 7.65. The molecule has 0 aromatic carbocycles. The average Bonchev–Trinajstić information content (AvgIpc) is 2.72. The van der Waals surface area contributed by atoms with E-state index >= 15 is 0 Å². The first-order valence-corrected chi connectivity index (χ1v) is 10.1. The summed E-state index contributed by atoms with van der Waals surface area (Å²) in [5, 5.41) is 3.30. The molecule has 7 heteroatoms. The van der Waals surface area contributed by atoms with Crippen LogP contribution in [0.4, 0.5) is 23.1 Å². The van der Waals surface area contributed by atoms with E-state index in [0.717, 1.165) is 41.6 Å². The van der Waals surface area contributed by atoms with Gasteiger partial charge in [-0.15, -0.1) is 0 Å². The number of nitrogens with zero attached hydrogens (tertiary/aromatic N) is 5. The van der Waals surface area contributed by atoms with E-state index in [0.29, 0.717) is 17.5 Å². The molecule has 1 saturated carbocycles. The lowest BCUT2D eigenvalue weighted by molar-refractivity contribution is 0.402. The Labute approximate surface area is 177 Å². The molecule has 0 atom stereocenters. The van der Waals surface area contributed by atoms with Gasteiger partial charge in [-0.25, -0.2) is 15.0 Å². The highest BCUT2D eigenvalue weighted by atomic mass is 15.3. The molecular weight excluding hydrogens is 374 g/mol. The molecule has 0 spiro atoms. The van der Waals surface area contributed by atoms with Gasteiger partial charge < -0.3 is 20.9 Å². The molecule has 4 rings (SSSR count). The van der Waals surface area contributed by atoms with Crippen LogP contribution in [0.5, 0.6) is 0 Å². The van der Waals surface area contributed by atoms with Gasteiger partial charge in [0.25, 0.3) is 0 Å². The summed E-state index contributed by atoms with van der Waals surface area (Å²) in [7, 11) is 3.94. The van der Waals surface area contributed by atoms with Crippen LogP contribution in [0.25, 0.3) is 11.3 Å². The zero-order valence-corrected chi connectivity index (χ0v) is 17.4. The molecule has 0 radical (unpaired) electrons. The average molecular weight is 402 g/mol. The lowest BCUT2D eigenvalue weighted by Gasteiger charge is -2.40. The zero-order chi connectivity index (χ0) is 21.1. The summed E-state index contributed by atoms with van der Waals surface area (Å²) in [6.07, 6.45) is 6.93. The van der Waals surface area contributed by atoms with Crippen molar-refractivity contribution in [3.8, 4) is 11.3 Å². The number of rotatable bonds is 7. The Balaban J connectivity index is 1.66. The number of aromatic nitrogens is 3. The smallest absolute Gasteiger partial charge is 0.158 e. The molecule has 3 heterocycles. The molecule has 1 fully saturated rings. The lowest BCUT2D eigenvalue weighted by atomic mass is 9.91. The van der Waals surface area contributed by atoms with E-state index in [-0.39, 0.29) is 0 Å². The fourth-order valence-corrected chi connectivity index (χ4v) is 3.43. The van der Waals surface area contributed by atoms with Crippen LogP contribution >= 0.6 is 0 Å². The molecule has 0 bridgehead atoms. The number of nitrogens with one attached hydrogen (secondary N) is 1. The van der Waals surface area contributed by atoms with Gasteiger partial charge in [0.1, 0.15) is 17.5 Å². The van der Waals surface area contributed by atoms with E-state index in [4.69, 9.17) is 10.7 Å². The van der Waals surface area contributed by atoms with Crippen molar-refractivity contribution >= 4 is 23.1 Å². The van der Waals surface area contributed by atoms with Crippen molar-refractivity contribution in [1.29, 1.82) is 0 Å². The third-order valence-electron chi connectivity index (χ3n) is 5.30. The van der Waals surface area contributed by atoms with E-state index in [1.54, 1.807) is 6.20 Å². The number of pyridine rings is 3. The third kappa shape index (κ3) is 4.05. The SMILES string of the molecule is C=C(Nc1ccccn1)N(c1nc(-c2ccc(N(C)C)nc2)ccc1N)C1CCC1. The van der Waals surface area contributed by atoms with Crippen molar-refractivity contribution in [2.75, 3.05) is 34.9 Å². The van der Waals surface area contributed by atoms with Crippen LogP contribution in [0.3, 0.4) is 0 Å². The van der Waals surface area contributed by atoms with Gasteiger partial charge in [-0.1, -0.05) is 12.6 Å². The lowest BCUT2D eigenvalue weighted by Crippen LogP contribution is -2.42. The van der Waals surface area contributed by atoms with E-state index in [1.165, 1.54) is 6.42 Å². The number of nitrogen functional groups attached to an aromatic ring is 1. The maximum atomic E-state index is 6.37. The number of anilines is 4. The summed E-state index contributed by atoms with van der Waals surface area (Å²) < 4.78 is 0. The van der Waals surface area contributed by atoms with Gasteiger partial charge in [-0.05, 0) is 55.7 Å². The summed E-state index contributed by atoms with van der Waals surface area (Å²) in [5.74, 6) is 3.07. The molecule has 0 unspecified atom stereocenters. The van der Waals surface area contributed by atoms with Crippen LogP contribution < -0.4 is 20.9 Å². The molecule has 3 N–H and O–H groups in total. The molecule has 0 saturated heterocycles. The van der Waals surface area contributed by atoms with Crippen molar-refractivity contribution in [1.82, 2.24) is 15.0 Å². The first kappa shape index (κ1) is 19.7. The van der Waals surface area contributed by atoms with Crippen molar-refractivity contribution in [3.05, 3.63) is 67.3 Å². The Hall–Kier alpha value is -3.61. The van der Waals surface area contributed by atoms with Crippen LogP contribution in [-0.2, 0) is 0 Å². The highest BCUT2D eigenvalue weighted by Gasteiger charge is 2.30. The molecule has 3 aromatic rings. The van der Waals surface area contributed by atoms with E-state index < -0.39 is 0 Å². The monoisotopic (exact) mass is 401 g/mol. The minimum Gasteiger partial charge on any atom is -0.396 e. The van der Waals surface area contributed by atoms with Gasteiger partial charge in [-0.2, -0.15) is 0 Å². The summed E-state index contributed by atoms with van der Waals surface area (Å²) in [6.45, 7) is 4.27. The summed E-state index contributed by atoms with van der Waals surface area (Å²) >= 11 is 0. The van der Waals surface area contributed by atoms with Gasteiger partial charge in [0.05, 0.1) is 11.4 Å². The maximum absolute atomic E-state index is 6.37. The molecule has 7 nitrogen and oxygen atoms in total. The Morgan fingerprint density at radius 1 is 1.10 bits per heavy atom. The minimum atomic E-state index is 0.313. The van der Waals surface area contributed by atoms with Gasteiger partial charge in [0.2, 0.25) is 0 Å². The van der Waals surface area contributed by atoms with Crippen molar-refractivity contribution in [3.63, 3.8) is 0 Å². The Morgan fingerprint density at radius 3 is 2.53 bits per heavy atom. The van der Waals surface area contributed by atoms with Crippen LogP contribution in [0.2, 0.25) is 0 Å². The highest BCUT2D eigenvalue weighted by molar-refractivity contribution is 5.73. The van der Waals surface area contributed by atoms with Gasteiger partial charge in [0.15, 0.2) is 5.82 Å². The molecule has 0 aliphatic heterocycles. The summed E-state index contributed by atoms with van der Waals surface area (Å²) in [4.78, 5) is 17.8. The number of nitrogens with two attached hydrogens (primary N) is 1. The second-order valence-electron chi connectivity index (χ2n) is 7.65. The Bertz CT molecular complexity index is 1010. The fraction of sp³-hybridized carbons (Fsp3) is 0.261. The molecule has 154 valence electrons.